The van der Waals surface area contributed by atoms with Crippen molar-refractivity contribution in [1.29, 1.82) is 0 Å². The Kier molecular flexibility index (Phi) is 3.81. The van der Waals surface area contributed by atoms with Gasteiger partial charge in [0.25, 0.3) is 0 Å². The second kappa shape index (κ2) is 5.19. The number of nitrogens with one attached hydrogen (secondary N) is 1. The first-order valence-electron chi connectivity index (χ1n) is 6.57. The molecular formula is C15H23NO2. The van der Waals surface area contributed by atoms with Gasteiger partial charge in [0.2, 0.25) is 0 Å². The first kappa shape index (κ1) is 13.2. The number of ether oxygens (including phenoxy) is 2. The third kappa shape index (κ3) is 3.16. The fraction of sp³-hybridized carbons (Fsp3) is 0.600. The molecule has 1 N–H and O–H groups in total. The van der Waals surface area contributed by atoms with E-state index in [0.29, 0.717) is 5.41 Å². The van der Waals surface area contributed by atoms with E-state index in [4.69, 9.17) is 9.47 Å². The molecule has 0 saturated carbocycles. The minimum Gasteiger partial charge on any atom is -0.491 e. The second-order valence-electron chi connectivity index (χ2n) is 5.80. The molecule has 0 radical (unpaired) electrons. The molecule has 1 aliphatic heterocycles. The Balaban J connectivity index is 1.96. The van der Waals surface area contributed by atoms with Gasteiger partial charge in [0.05, 0.1) is 19.3 Å². The highest BCUT2D eigenvalue weighted by molar-refractivity contribution is 5.53. The SMILES string of the molecule is Cc1cc(OC(C)C)ccc1NCC1(C)COC1. The number of hydrogen-bond acceptors (Lipinski definition) is 3. The van der Waals surface area contributed by atoms with Crippen LogP contribution in [0.3, 0.4) is 0 Å². The highest BCUT2D eigenvalue weighted by Crippen LogP contribution is 2.28. The smallest absolute Gasteiger partial charge is 0.120 e. The maximum absolute atomic E-state index is 5.68. The van der Waals surface area contributed by atoms with Crippen molar-refractivity contribution in [3.63, 3.8) is 0 Å². The van der Waals surface area contributed by atoms with E-state index in [0.717, 1.165) is 25.5 Å². The molecule has 0 aliphatic carbocycles. The predicted octanol–water partition coefficient (Wildman–Crippen LogP) is 3.23. The minimum atomic E-state index is 0.217. The summed E-state index contributed by atoms with van der Waals surface area (Å²) in [6.07, 6.45) is 0.217. The molecule has 1 saturated heterocycles. The maximum atomic E-state index is 5.68. The molecule has 1 fully saturated rings. The lowest BCUT2D eigenvalue weighted by atomic mass is 9.88. The van der Waals surface area contributed by atoms with E-state index in [9.17, 15) is 0 Å². The summed E-state index contributed by atoms with van der Waals surface area (Å²) in [6.45, 7) is 11.1. The number of anilines is 1. The molecule has 0 bridgehead atoms. The van der Waals surface area contributed by atoms with Gasteiger partial charge in [0, 0.05) is 17.6 Å². The van der Waals surface area contributed by atoms with Gasteiger partial charge < -0.3 is 14.8 Å². The Hall–Kier alpha value is -1.22. The minimum absolute atomic E-state index is 0.217. The van der Waals surface area contributed by atoms with Crippen LogP contribution in [0.1, 0.15) is 26.3 Å². The van der Waals surface area contributed by atoms with Crippen LogP contribution < -0.4 is 10.1 Å². The van der Waals surface area contributed by atoms with Gasteiger partial charge in [-0.2, -0.15) is 0 Å². The molecule has 0 amide bonds. The molecular weight excluding hydrogens is 226 g/mol. The van der Waals surface area contributed by atoms with E-state index >= 15 is 0 Å². The number of rotatable bonds is 5. The average molecular weight is 249 g/mol. The molecule has 18 heavy (non-hydrogen) atoms. The van der Waals surface area contributed by atoms with Crippen molar-refractivity contribution in [3.05, 3.63) is 23.8 Å². The van der Waals surface area contributed by atoms with Crippen molar-refractivity contribution >= 4 is 5.69 Å². The average Bonchev–Trinajstić information content (AvgIpc) is 2.24. The topological polar surface area (TPSA) is 30.5 Å². The second-order valence-corrected chi connectivity index (χ2v) is 5.80. The molecule has 3 nitrogen and oxygen atoms in total. The van der Waals surface area contributed by atoms with Gasteiger partial charge in [-0.05, 0) is 44.5 Å². The Morgan fingerprint density at radius 3 is 2.61 bits per heavy atom. The third-order valence-electron chi connectivity index (χ3n) is 3.18. The Bertz CT molecular complexity index is 411. The molecule has 1 heterocycles. The summed E-state index contributed by atoms with van der Waals surface area (Å²) >= 11 is 0. The summed E-state index contributed by atoms with van der Waals surface area (Å²) in [5.74, 6) is 0.936. The predicted molar refractivity (Wildman–Crippen MR) is 74.4 cm³/mol. The van der Waals surface area contributed by atoms with Crippen LogP contribution in [-0.4, -0.2) is 25.9 Å². The van der Waals surface area contributed by atoms with Crippen LogP contribution in [0, 0.1) is 12.3 Å². The van der Waals surface area contributed by atoms with Crippen LogP contribution in [0.4, 0.5) is 5.69 Å². The molecule has 3 heteroatoms. The van der Waals surface area contributed by atoms with Gasteiger partial charge in [-0.15, -0.1) is 0 Å². The Morgan fingerprint density at radius 1 is 1.39 bits per heavy atom. The first-order chi connectivity index (χ1) is 8.48. The summed E-state index contributed by atoms with van der Waals surface area (Å²) in [5, 5.41) is 3.50. The van der Waals surface area contributed by atoms with Gasteiger partial charge in [-0.1, -0.05) is 6.92 Å². The van der Waals surface area contributed by atoms with E-state index < -0.39 is 0 Å². The molecule has 1 aromatic carbocycles. The summed E-state index contributed by atoms with van der Waals surface area (Å²) in [6, 6.07) is 6.20. The summed E-state index contributed by atoms with van der Waals surface area (Å²) in [5.41, 5.74) is 2.69. The number of benzene rings is 1. The first-order valence-corrected chi connectivity index (χ1v) is 6.57. The van der Waals surface area contributed by atoms with E-state index in [1.165, 1.54) is 11.3 Å². The standard InChI is InChI=1S/C15H23NO2/c1-11(2)18-13-5-6-14(12(3)7-13)16-8-15(4)9-17-10-15/h5-7,11,16H,8-10H2,1-4H3. The van der Waals surface area contributed by atoms with Crippen molar-refractivity contribution in [2.24, 2.45) is 5.41 Å². The van der Waals surface area contributed by atoms with E-state index in [1.807, 2.05) is 19.9 Å². The van der Waals surface area contributed by atoms with Crippen molar-refractivity contribution in [1.82, 2.24) is 0 Å². The third-order valence-corrected chi connectivity index (χ3v) is 3.18. The Labute approximate surface area is 109 Å². The van der Waals surface area contributed by atoms with Crippen molar-refractivity contribution < 1.29 is 9.47 Å². The highest BCUT2D eigenvalue weighted by Gasteiger charge is 2.32. The summed E-state index contributed by atoms with van der Waals surface area (Å²) < 4.78 is 10.9. The maximum Gasteiger partial charge on any atom is 0.120 e. The highest BCUT2D eigenvalue weighted by atomic mass is 16.5. The molecule has 0 aromatic heterocycles. The van der Waals surface area contributed by atoms with Crippen LogP contribution in [0.15, 0.2) is 18.2 Å². The molecule has 0 unspecified atom stereocenters. The van der Waals surface area contributed by atoms with Crippen LogP contribution in [-0.2, 0) is 4.74 Å². The zero-order valence-electron chi connectivity index (χ0n) is 11.7. The molecule has 0 atom stereocenters. The van der Waals surface area contributed by atoms with Gasteiger partial charge in [-0.25, -0.2) is 0 Å². The van der Waals surface area contributed by atoms with Crippen LogP contribution in [0.5, 0.6) is 5.75 Å². The van der Waals surface area contributed by atoms with Crippen molar-refractivity contribution in [2.75, 3.05) is 25.1 Å². The van der Waals surface area contributed by atoms with Crippen LogP contribution in [0.2, 0.25) is 0 Å². The van der Waals surface area contributed by atoms with Gasteiger partial charge in [-0.3, -0.25) is 0 Å². The molecule has 2 rings (SSSR count). The molecule has 100 valence electrons. The lowest BCUT2D eigenvalue weighted by Gasteiger charge is -2.38. The fourth-order valence-corrected chi connectivity index (χ4v) is 2.04. The largest absolute Gasteiger partial charge is 0.491 e. The van der Waals surface area contributed by atoms with E-state index in [1.54, 1.807) is 0 Å². The monoisotopic (exact) mass is 249 g/mol. The molecule has 1 aliphatic rings. The quantitative estimate of drug-likeness (QED) is 0.869. The lowest BCUT2D eigenvalue weighted by Crippen LogP contribution is -2.45. The van der Waals surface area contributed by atoms with Crippen molar-refractivity contribution in [2.45, 2.75) is 33.8 Å². The number of aryl methyl sites for hydroxylation is 1. The number of hydrogen-bond donors (Lipinski definition) is 1. The Morgan fingerprint density at radius 2 is 2.11 bits per heavy atom. The summed E-state index contributed by atoms with van der Waals surface area (Å²) in [7, 11) is 0. The molecule has 0 spiro atoms. The summed E-state index contributed by atoms with van der Waals surface area (Å²) in [4.78, 5) is 0. The fourth-order valence-electron chi connectivity index (χ4n) is 2.04. The van der Waals surface area contributed by atoms with Gasteiger partial charge >= 0.3 is 0 Å². The van der Waals surface area contributed by atoms with E-state index in [-0.39, 0.29) is 6.10 Å². The van der Waals surface area contributed by atoms with Gasteiger partial charge in [0.15, 0.2) is 0 Å². The zero-order chi connectivity index (χ0) is 13.2. The van der Waals surface area contributed by atoms with Crippen molar-refractivity contribution in [3.8, 4) is 5.75 Å². The van der Waals surface area contributed by atoms with Crippen LogP contribution in [0.25, 0.3) is 0 Å². The molecule has 1 aromatic rings. The van der Waals surface area contributed by atoms with Crippen LogP contribution >= 0.6 is 0 Å². The van der Waals surface area contributed by atoms with E-state index in [2.05, 4.69) is 31.3 Å². The normalized spacial score (nSPS) is 17.4. The van der Waals surface area contributed by atoms with Gasteiger partial charge in [0.1, 0.15) is 5.75 Å². The zero-order valence-corrected chi connectivity index (χ0v) is 11.7. The lowest BCUT2D eigenvalue weighted by molar-refractivity contribution is -0.0924.